The first-order valence-corrected chi connectivity index (χ1v) is 15.9. The number of nitrogens with one attached hydrogen (secondary N) is 2. The molecule has 3 aromatic carbocycles. The molecule has 238 valence electrons. The molecule has 1 aliphatic rings. The third-order valence-electron chi connectivity index (χ3n) is 7.95. The summed E-state index contributed by atoms with van der Waals surface area (Å²) >= 11 is 0. The third-order valence-corrected chi connectivity index (χ3v) is 7.95. The molecule has 0 aliphatic heterocycles. The lowest BCUT2D eigenvalue weighted by Crippen LogP contribution is -2.36. The van der Waals surface area contributed by atoms with Crippen LogP contribution in [0.25, 0.3) is 5.57 Å². The molecular weight excluding hydrogens is 562 g/mol. The first kappa shape index (κ1) is 35.4. The average Bonchev–Trinajstić information content (AvgIpc) is 3.11. The van der Waals surface area contributed by atoms with Gasteiger partial charge in [-0.3, -0.25) is 0 Å². The van der Waals surface area contributed by atoms with Gasteiger partial charge in [0.2, 0.25) is 0 Å². The van der Waals surface area contributed by atoms with Crippen LogP contribution in [-0.4, -0.2) is 7.11 Å². The summed E-state index contributed by atoms with van der Waals surface area (Å²) in [6, 6.07) is 26.0. The van der Waals surface area contributed by atoms with Gasteiger partial charge in [-0.15, -0.1) is 0 Å². The lowest BCUT2D eigenvalue weighted by atomic mass is 9.85. The molecule has 4 nitrogen and oxygen atoms in total. The number of rotatable bonds is 14. The zero-order valence-corrected chi connectivity index (χ0v) is 27.9. The summed E-state index contributed by atoms with van der Waals surface area (Å²) in [5.41, 5.74) is 24.9. The Hall–Kier alpha value is -5.06. The number of methoxy groups -OCH3 is 1. The monoisotopic (exact) mass is 611 g/mol. The van der Waals surface area contributed by atoms with Crippen LogP contribution < -0.4 is 21.3 Å². The maximum atomic E-state index is 6.48. The molecule has 0 saturated carbocycles. The van der Waals surface area contributed by atoms with Crippen molar-refractivity contribution in [3.8, 4) is 5.75 Å². The largest absolute Gasteiger partial charge is 0.496 e. The van der Waals surface area contributed by atoms with E-state index in [-0.39, 0.29) is 6.04 Å². The number of hydrogen-bond acceptors (Lipinski definition) is 4. The van der Waals surface area contributed by atoms with Gasteiger partial charge in [-0.2, -0.15) is 0 Å². The maximum Gasteiger partial charge on any atom is 0.126 e. The van der Waals surface area contributed by atoms with Crippen molar-refractivity contribution in [3.63, 3.8) is 0 Å². The minimum atomic E-state index is -0.189. The molecule has 46 heavy (non-hydrogen) atoms. The van der Waals surface area contributed by atoms with Crippen molar-refractivity contribution in [3.05, 3.63) is 186 Å². The SMILES string of the molecule is C=C/C(=C\C(=C)c1ccccc1OC)C1=CC(NNC(c2ccccc2)c2ccccc2N)=C(/C(C=C)=C(/C=C)CC)CC1.CC. The molecule has 4 rings (SSSR count). The molecule has 4 heteroatoms. The summed E-state index contributed by atoms with van der Waals surface area (Å²) in [6.07, 6.45) is 12.5. The van der Waals surface area contributed by atoms with Crippen LogP contribution in [0.1, 0.15) is 62.8 Å². The van der Waals surface area contributed by atoms with Crippen LogP contribution in [-0.2, 0) is 0 Å². The minimum absolute atomic E-state index is 0.189. The Labute approximate surface area is 276 Å². The number of nitrogen functional groups attached to an aromatic ring is 1. The van der Waals surface area contributed by atoms with E-state index in [1.54, 1.807) is 7.11 Å². The Morgan fingerprint density at radius 2 is 1.57 bits per heavy atom. The third kappa shape index (κ3) is 8.56. The van der Waals surface area contributed by atoms with E-state index in [0.29, 0.717) is 0 Å². The molecule has 0 fully saturated rings. The molecule has 0 spiro atoms. The van der Waals surface area contributed by atoms with Crippen LogP contribution in [0.5, 0.6) is 5.75 Å². The summed E-state index contributed by atoms with van der Waals surface area (Å²) in [5.74, 6) is 0.785. The van der Waals surface area contributed by atoms with Gasteiger partial charge in [-0.1, -0.05) is 132 Å². The second-order valence-electron chi connectivity index (χ2n) is 10.5. The van der Waals surface area contributed by atoms with Crippen LogP contribution in [0.15, 0.2) is 169 Å². The molecule has 1 atom stereocenters. The van der Waals surface area contributed by atoms with Crippen molar-refractivity contribution in [1.82, 2.24) is 10.9 Å². The topological polar surface area (TPSA) is 59.3 Å². The Morgan fingerprint density at radius 3 is 2.20 bits per heavy atom. The molecule has 0 saturated heterocycles. The fourth-order valence-electron chi connectivity index (χ4n) is 5.61. The predicted molar refractivity (Wildman–Crippen MR) is 199 cm³/mol. The fourth-order valence-corrected chi connectivity index (χ4v) is 5.61. The summed E-state index contributed by atoms with van der Waals surface area (Å²) in [6.45, 7) is 22.9. The molecule has 1 aliphatic carbocycles. The summed E-state index contributed by atoms with van der Waals surface area (Å²) in [7, 11) is 1.68. The molecule has 3 aromatic rings. The Kier molecular flexibility index (Phi) is 13.9. The first-order chi connectivity index (χ1) is 22.4. The zero-order chi connectivity index (χ0) is 33.5. The number of ether oxygens (including phenoxy) is 1. The highest BCUT2D eigenvalue weighted by Gasteiger charge is 2.21. The van der Waals surface area contributed by atoms with E-state index >= 15 is 0 Å². The number of para-hydroxylation sites is 2. The highest BCUT2D eigenvalue weighted by Crippen LogP contribution is 2.36. The lowest BCUT2D eigenvalue weighted by Gasteiger charge is -2.28. The Bertz CT molecular complexity index is 1650. The first-order valence-electron chi connectivity index (χ1n) is 15.9. The Morgan fingerprint density at radius 1 is 0.891 bits per heavy atom. The van der Waals surface area contributed by atoms with Gasteiger partial charge in [0.15, 0.2) is 0 Å². The molecule has 0 aromatic heterocycles. The highest BCUT2D eigenvalue weighted by atomic mass is 16.5. The minimum Gasteiger partial charge on any atom is -0.496 e. The van der Waals surface area contributed by atoms with E-state index in [2.05, 4.69) is 74.4 Å². The van der Waals surface area contributed by atoms with Crippen LogP contribution in [0.2, 0.25) is 0 Å². The van der Waals surface area contributed by atoms with Crippen molar-refractivity contribution in [2.24, 2.45) is 0 Å². The van der Waals surface area contributed by atoms with Gasteiger partial charge in [0.25, 0.3) is 0 Å². The van der Waals surface area contributed by atoms with Crippen LogP contribution in [0.3, 0.4) is 0 Å². The molecule has 1 unspecified atom stereocenters. The van der Waals surface area contributed by atoms with Crippen molar-refractivity contribution < 1.29 is 4.74 Å². The quantitative estimate of drug-likeness (QED) is 0.0964. The molecule has 0 heterocycles. The van der Waals surface area contributed by atoms with E-state index in [1.165, 1.54) is 5.57 Å². The van der Waals surface area contributed by atoms with Gasteiger partial charge in [-0.05, 0) is 88.1 Å². The number of anilines is 1. The van der Waals surface area contributed by atoms with Crippen molar-refractivity contribution >= 4 is 11.3 Å². The van der Waals surface area contributed by atoms with Crippen LogP contribution in [0, 0.1) is 0 Å². The fraction of sp³-hybridized carbons (Fsp3) is 0.190. The number of nitrogens with two attached hydrogens (primary N) is 1. The molecule has 4 N–H and O–H groups in total. The number of hydrogen-bond donors (Lipinski definition) is 3. The number of benzene rings is 3. The van der Waals surface area contributed by atoms with Gasteiger partial charge >= 0.3 is 0 Å². The average molecular weight is 612 g/mol. The normalized spacial score (nSPS) is 14.1. The number of allylic oxidation sites excluding steroid dienone is 11. The van der Waals surface area contributed by atoms with Crippen LogP contribution >= 0.6 is 0 Å². The molecular formula is C42H49N3O. The van der Waals surface area contributed by atoms with Gasteiger partial charge < -0.3 is 15.9 Å². The number of hydrazine groups is 1. The van der Waals surface area contributed by atoms with E-state index in [0.717, 1.165) is 81.0 Å². The van der Waals surface area contributed by atoms with Gasteiger partial charge in [0.05, 0.1) is 18.8 Å². The lowest BCUT2D eigenvalue weighted by molar-refractivity contribution is 0.413. The summed E-state index contributed by atoms with van der Waals surface area (Å²) in [5, 5.41) is 0. The van der Waals surface area contributed by atoms with Crippen molar-refractivity contribution in [1.29, 1.82) is 0 Å². The maximum absolute atomic E-state index is 6.48. The predicted octanol–water partition coefficient (Wildman–Crippen LogP) is 10.4. The van der Waals surface area contributed by atoms with Crippen LogP contribution in [0.4, 0.5) is 5.69 Å². The van der Waals surface area contributed by atoms with E-state index in [4.69, 9.17) is 10.5 Å². The molecule has 0 radical (unpaired) electrons. The smallest absolute Gasteiger partial charge is 0.126 e. The molecule has 0 bridgehead atoms. The standard InChI is InChI=1S/C40H43N3O.C2H6/c1-7-29(8-2)33(10-4)35-25-24-32(30(9-3)26-28(5)34-20-15-17-23-39(34)44-6)27-38(35)42-43-40(31-18-12-11-13-19-31)36-21-14-16-22-37(36)41;1-2/h7,9-23,26-27,40,42-43H,1,3-5,8,24-25,41H2,2,6H3;1-2H3/b30-26+,33-29-;. The highest BCUT2D eigenvalue weighted by molar-refractivity contribution is 5.78. The summed E-state index contributed by atoms with van der Waals surface area (Å²) in [4.78, 5) is 0. The van der Waals surface area contributed by atoms with Gasteiger partial charge in [-0.25, -0.2) is 5.43 Å². The van der Waals surface area contributed by atoms with Crippen molar-refractivity contribution in [2.45, 2.75) is 46.1 Å². The second kappa shape index (κ2) is 18.0. The van der Waals surface area contributed by atoms with Gasteiger partial charge in [0, 0.05) is 11.3 Å². The summed E-state index contributed by atoms with van der Waals surface area (Å²) < 4.78 is 5.59. The van der Waals surface area contributed by atoms with E-state index in [1.807, 2.05) is 92.7 Å². The molecule has 0 amide bonds. The van der Waals surface area contributed by atoms with E-state index < -0.39 is 0 Å². The van der Waals surface area contributed by atoms with Gasteiger partial charge in [0.1, 0.15) is 5.75 Å². The van der Waals surface area contributed by atoms with Crippen molar-refractivity contribution in [2.75, 3.05) is 12.8 Å². The van der Waals surface area contributed by atoms with E-state index in [9.17, 15) is 0 Å². The zero-order valence-electron chi connectivity index (χ0n) is 27.9. The Balaban J connectivity index is 0.00000282. The second-order valence-corrected chi connectivity index (χ2v) is 10.5.